The van der Waals surface area contributed by atoms with Gasteiger partial charge in [0.1, 0.15) is 6.04 Å². The Morgan fingerprint density at radius 3 is 2.66 bits per heavy atom. The summed E-state index contributed by atoms with van der Waals surface area (Å²) in [5, 5.41) is 2.96. The predicted octanol–water partition coefficient (Wildman–Crippen LogP) is 2.58. The Hall–Kier alpha value is -2.36. The van der Waals surface area contributed by atoms with Crippen molar-refractivity contribution < 1.29 is 27.2 Å². The summed E-state index contributed by atoms with van der Waals surface area (Å²) in [6, 6.07) is 8.60. The van der Waals surface area contributed by atoms with Crippen molar-refractivity contribution >= 4 is 33.5 Å². The van der Waals surface area contributed by atoms with Crippen molar-refractivity contribution in [3.8, 4) is 0 Å². The van der Waals surface area contributed by atoms with Crippen molar-refractivity contribution in [3.63, 3.8) is 0 Å². The Balaban J connectivity index is 1.70. The largest absolute Gasteiger partial charge is 0.460 e. The number of hydrogen-bond donors (Lipinski definition) is 1. The van der Waals surface area contributed by atoms with Crippen LogP contribution < -0.4 is 5.32 Å². The number of nitrogens with zero attached hydrogens (tertiary/aromatic N) is 1. The molecule has 1 unspecified atom stereocenters. The normalized spacial score (nSPS) is 17.2. The number of carbonyl (C=O) groups excluding carboxylic acids is 2. The van der Waals surface area contributed by atoms with E-state index >= 15 is 0 Å². The van der Waals surface area contributed by atoms with Crippen LogP contribution in [0, 0.1) is 0 Å². The number of ether oxygens (including phenoxy) is 1. The minimum absolute atomic E-state index is 0.142. The van der Waals surface area contributed by atoms with Crippen LogP contribution in [-0.2, 0) is 26.1 Å². The summed E-state index contributed by atoms with van der Waals surface area (Å²) < 4.78 is 37.0. The van der Waals surface area contributed by atoms with Gasteiger partial charge in [-0.05, 0) is 49.6 Å². The molecule has 0 radical (unpaired) electrons. The molecule has 8 nitrogen and oxygen atoms in total. The number of nitrogens with one attached hydrogen (secondary N) is 1. The van der Waals surface area contributed by atoms with Gasteiger partial charge in [-0.1, -0.05) is 23.7 Å². The molecule has 1 atom stereocenters. The number of esters is 1. The summed E-state index contributed by atoms with van der Waals surface area (Å²) in [5.41, 5.74) is 0.847. The Kier molecular flexibility index (Phi) is 6.61. The molecule has 1 aliphatic heterocycles. The number of amides is 1. The van der Waals surface area contributed by atoms with Crippen LogP contribution in [0.4, 0.5) is 0 Å². The summed E-state index contributed by atoms with van der Waals surface area (Å²) in [7, 11) is -4.07. The monoisotopic (exact) mass is 440 g/mol. The number of furan rings is 1. The van der Waals surface area contributed by atoms with Gasteiger partial charge >= 0.3 is 5.97 Å². The van der Waals surface area contributed by atoms with Gasteiger partial charge in [-0.3, -0.25) is 4.79 Å². The molecule has 0 spiro atoms. The molecule has 2 aromatic rings. The summed E-state index contributed by atoms with van der Waals surface area (Å²) in [6.07, 6.45) is 0.945. The maximum Gasteiger partial charge on any atom is 0.374 e. The number of sulfonamides is 1. The number of benzene rings is 1. The van der Waals surface area contributed by atoms with E-state index in [0.29, 0.717) is 17.9 Å². The third-order valence-corrected chi connectivity index (χ3v) is 6.54. The van der Waals surface area contributed by atoms with Gasteiger partial charge in [0.15, 0.2) is 0 Å². The molecule has 29 heavy (non-hydrogen) atoms. The summed E-state index contributed by atoms with van der Waals surface area (Å²) in [6.45, 7) is 2.23. The molecule has 156 valence electrons. The van der Waals surface area contributed by atoms with E-state index in [2.05, 4.69) is 5.32 Å². The first-order valence-electron chi connectivity index (χ1n) is 9.14. The molecule has 3 rings (SSSR count). The zero-order chi connectivity index (χ0) is 21.0. The lowest BCUT2D eigenvalue weighted by Crippen LogP contribution is -2.45. The highest BCUT2D eigenvalue weighted by atomic mass is 35.5. The summed E-state index contributed by atoms with van der Waals surface area (Å²) in [5.74, 6) is -1.33. The van der Waals surface area contributed by atoms with Crippen LogP contribution in [0.15, 0.2) is 45.9 Å². The van der Waals surface area contributed by atoms with Crippen molar-refractivity contribution in [1.29, 1.82) is 0 Å². The third kappa shape index (κ3) is 4.80. The van der Waals surface area contributed by atoms with E-state index in [4.69, 9.17) is 20.8 Å². The standard InChI is InChI=1S/C19H21ClN2O6S/c1-2-27-19(24)16-9-10-17(28-16)29(25,26)22-11-3-4-15(22)18(23)21-12-13-5-7-14(20)8-6-13/h5-10,15H,2-4,11-12H2,1H3,(H,21,23). The maximum atomic E-state index is 12.9. The number of hydrogen-bond acceptors (Lipinski definition) is 6. The van der Waals surface area contributed by atoms with Crippen LogP contribution in [0.25, 0.3) is 0 Å². The van der Waals surface area contributed by atoms with Crippen molar-refractivity contribution in [2.45, 2.75) is 37.4 Å². The molecule has 0 bridgehead atoms. The Morgan fingerprint density at radius 1 is 1.24 bits per heavy atom. The third-order valence-electron chi connectivity index (χ3n) is 4.51. The van der Waals surface area contributed by atoms with E-state index < -0.39 is 33.0 Å². The molecule has 1 aromatic heterocycles. The zero-order valence-electron chi connectivity index (χ0n) is 15.8. The molecule has 1 saturated heterocycles. The fraction of sp³-hybridized carbons (Fsp3) is 0.368. The van der Waals surface area contributed by atoms with Crippen molar-refractivity contribution in [1.82, 2.24) is 9.62 Å². The van der Waals surface area contributed by atoms with Crippen molar-refractivity contribution in [3.05, 3.63) is 52.7 Å². The van der Waals surface area contributed by atoms with Crippen LogP contribution in [-0.4, -0.2) is 43.8 Å². The van der Waals surface area contributed by atoms with Gasteiger partial charge < -0.3 is 14.5 Å². The van der Waals surface area contributed by atoms with Crippen molar-refractivity contribution in [2.75, 3.05) is 13.2 Å². The van der Waals surface area contributed by atoms with E-state index in [9.17, 15) is 18.0 Å². The van der Waals surface area contributed by atoms with Gasteiger partial charge in [0, 0.05) is 18.1 Å². The zero-order valence-corrected chi connectivity index (χ0v) is 17.3. The first-order chi connectivity index (χ1) is 13.8. The first kappa shape index (κ1) is 21.4. The Morgan fingerprint density at radius 2 is 1.97 bits per heavy atom. The lowest BCUT2D eigenvalue weighted by atomic mass is 10.2. The van der Waals surface area contributed by atoms with E-state index in [-0.39, 0.29) is 25.5 Å². The Labute approximate surface area is 173 Å². The highest BCUT2D eigenvalue weighted by molar-refractivity contribution is 7.89. The SMILES string of the molecule is CCOC(=O)c1ccc(S(=O)(=O)N2CCCC2C(=O)NCc2ccc(Cl)cc2)o1. The van der Waals surface area contributed by atoms with Crippen LogP contribution in [0.2, 0.25) is 5.02 Å². The molecule has 0 aliphatic carbocycles. The van der Waals surface area contributed by atoms with E-state index in [1.54, 1.807) is 31.2 Å². The summed E-state index contributed by atoms with van der Waals surface area (Å²) in [4.78, 5) is 24.3. The predicted molar refractivity (Wildman–Crippen MR) is 105 cm³/mol. The van der Waals surface area contributed by atoms with Crippen molar-refractivity contribution in [2.24, 2.45) is 0 Å². The number of carbonyl (C=O) groups is 2. The van der Waals surface area contributed by atoms with Gasteiger partial charge in [0.25, 0.3) is 10.0 Å². The molecule has 1 aliphatic rings. The lowest BCUT2D eigenvalue weighted by molar-refractivity contribution is -0.124. The fourth-order valence-corrected chi connectivity index (χ4v) is 4.78. The molecule has 1 amide bonds. The molecule has 10 heteroatoms. The average molecular weight is 441 g/mol. The summed E-state index contributed by atoms with van der Waals surface area (Å²) >= 11 is 5.85. The fourth-order valence-electron chi connectivity index (χ4n) is 3.09. The van der Waals surface area contributed by atoms with Gasteiger partial charge in [-0.15, -0.1) is 0 Å². The topological polar surface area (TPSA) is 106 Å². The van der Waals surface area contributed by atoms with E-state index in [1.165, 1.54) is 12.1 Å². The first-order valence-corrected chi connectivity index (χ1v) is 11.0. The highest BCUT2D eigenvalue weighted by Gasteiger charge is 2.41. The molecular weight excluding hydrogens is 420 g/mol. The average Bonchev–Trinajstić information content (AvgIpc) is 3.38. The van der Waals surface area contributed by atoms with Gasteiger partial charge in [0.2, 0.25) is 16.8 Å². The molecule has 1 aromatic carbocycles. The molecule has 1 fully saturated rings. The van der Waals surface area contributed by atoms with Crippen LogP contribution in [0.3, 0.4) is 0 Å². The van der Waals surface area contributed by atoms with Gasteiger partial charge in [-0.2, -0.15) is 4.31 Å². The van der Waals surface area contributed by atoms with Crippen LogP contribution in [0.5, 0.6) is 0 Å². The quantitative estimate of drug-likeness (QED) is 0.663. The van der Waals surface area contributed by atoms with Gasteiger partial charge in [-0.25, -0.2) is 13.2 Å². The lowest BCUT2D eigenvalue weighted by Gasteiger charge is -2.22. The molecule has 1 N–H and O–H groups in total. The second kappa shape index (κ2) is 8.98. The number of halogens is 1. The molecule has 2 heterocycles. The number of rotatable bonds is 7. The van der Waals surface area contributed by atoms with Gasteiger partial charge in [0.05, 0.1) is 6.61 Å². The van der Waals surface area contributed by atoms with E-state index in [0.717, 1.165) is 9.87 Å². The highest BCUT2D eigenvalue weighted by Crippen LogP contribution is 2.27. The van der Waals surface area contributed by atoms with E-state index in [1.807, 2.05) is 0 Å². The second-order valence-electron chi connectivity index (χ2n) is 6.46. The minimum Gasteiger partial charge on any atom is -0.460 e. The minimum atomic E-state index is -4.07. The molecule has 0 saturated carbocycles. The Bertz CT molecular complexity index is 986. The molecular formula is C19H21ClN2O6S. The van der Waals surface area contributed by atoms with Crippen LogP contribution >= 0.6 is 11.6 Å². The second-order valence-corrected chi connectivity index (χ2v) is 8.72. The maximum absolute atomic E-state index is 12.9. The van der Waals surface area contributed by atoms with Crippen LogP contribution in [0.1, 0.15) is 35.9 Å². The smallest absolute Gasteiger partial charge is 0.374 e.